The molecular formula is C17H24ClN3O2. The van der Waals surface area contributed by atoms with Gasteiger partial charge >= 0.3 is 0 Å². The Hall–Kier alpha value is -1.30. The smallest absolute Gasteiger partial charge is 0.255 e. The molecule has 0 aliphatic carbocycles. The first-order valence-corrected chi connectivity index (χ1v) is 8.65. The first-order chi connectivity index (χ1) is 11.1. The van der Waals surface area contributed by atoms with E-state index < -0.39 is 0 Å². The predicted molar refractivity (Wildman–Crippen MR) is 91.8 cm³/mol. The van der Waals surface area contributed by atoms with Crippen LogP contribution in [-0.2, 0) is 4.74 Å². The highest BCUT2D eigenvalue weighted by atomic mass is 35.5. The van der Waals surface area contributed by atoms with Gasteiger partial charge in [0.25, 0.3) is 5.91 Å². The van der Waals surface area contributed by atoms with E-state index in [4.69, 9.17) is 22.1 Å². The monoisotopic (exact) mass is 337 g/mol. The average molecular weight is 338 g/mol. The Morgan fingerprint density at radius 2 is 1.91 bits per heavy atom. The second-order valence-electron chi connectivity index (χ2n) is 6.39. The molecule has 1 aromatic carbocycles. The Labute approximate surface area is 142 Å². The van der Waals surface area contributed by atoms with Gasteiger partial charge in [-0.15, -0.1) is 0 Å². The van der Waals surface area contributed by atoms with Crippen molar-refractivity contribution < 1.29 is 9.53 Å². The summed E-state index contributed by atoms with van der Waals surface area (Å²) >= 11 is 6.16. The molecule has 3 rings (SSSR count). The molecule has 2 saturated heterocycles. The molecule has 0 atom stereocenters. The van der Waals surface area contributed by atoms with Crippen LogP contribution < -0.4 is 5.73 Å². The molecule has 2 aliphatic rings. The number of nitrogens with zero attached hydrogens (tertiary/aromatic N) is 2. The lowest BCUT2D eigenvalue weighted by Gasteiger charge is -2.36. The van der Waals surface area contributed by atoms with E-state index in [0.717, 1.165) is 58.8 Å². The maximum absolute atomic E-state index is 12.6. The molecule has 0 aromatic heterocycles. The van der Waals surface area contributed by atoms with Crippen LogP contribution in [0.15, 0.2) is 18.2 Å². The molecule has 1 amide bonds. The van der Waals surface area contributed by atoms with Crippen molar-refractivity contribution >= 4 is 23.2 Å². The normalized spacial score (nSPS) is 20.7. The Balaban J connectivity index is 1.52. The third-order valence-electron chi connectivity index (χ3n) is 4.75. The summed E-state index contributed by atoms with van der Waals surface area (Å²) in [6.45, 7) is 6.46. The molecule has 5 nitrogen and oxygen atoms in total. The Morgan fingerprint density at radius 3 is 2.57 bits per heavy atom. The largest absolute Gasteiger partial charge is 0.399 e. The highest BCUT2D eigenvalue weighted by Crippen LogP contribution is 2.24. The third kappa shape index (κ3) is 4.16. The zero-order chi connectivity index (χ0) is 16.2. The first-order valence-electron chi connectivity index (χ1n) is 8.28. The highest BCUT2D eigenvalue weighted by molar-refractivity contribution is 6.34. The van der Waals surface area contributed by atoms with Gasteiger partial charge in [-0.1, -0.05) is 11.6 Å². The average Bonchev–Trinajstić information content (AvgIpc) is 2.56. The lowest BCUT2D eigenvalue weighted by atomic mass is 9.95. The van der Waals surface area contributed by atoms with Crippen molar-refractivity contribution in [2.24, 2.45) is 5.92 Å². The van der Waals surface area contributed by atoms with Crippen LogP contribution in [0.4, 0.5) is 5.69 Å². The summed E-state index contributed by atoms with van der Waals surface area (Å²) in [6, 6.07) is 5.09. The van der Waals surface area contributed by atoms with Gasteiger partial charge in [0.2, 0.25) is 0 Å². The van der Waals surface area contributed by atoms with Crippen LogP contribution in [0.3, 0.4) is 0 Å². The van der Waals surface area contributed by atoms with Gasteiger partial charge in [-0.3, -0.25) is 9.69 Å². The maximum atomic E-state index is 12.6. The molecule has 6 heteroatoms. The molecule has 2 heterocycles. The highest BCUT2D eigenvalue weighted by Gasteiger charge is 2.26. The molecule has 0 bridgehead atoms. The number of piperidine rings is 1. The van der Waals surface area contributed by atoms with E-state index in [1.807, 2.05) is 4.90 Å². The Kier molecular flexibility index (Phi) is 5.41. The van der Waals surface area contributed by atoms with Gasteiger partial charge in [-0.25, -0.2) is 0 Å². The van der Waals surface area contributed by atoms with Gasteiger partial charge < -0.3 is 15.4 Å². The topological polar surface area (TPSA) is 58.8 Å². The number of nitrogen functional groups attached to an aromatic ring is 1. The van der Waals surface area contributed by atoms with E-state index in [2.05, 4.69) is 4.90 Å². The number of halogens is 1. The molecule has 2 fully saturated rings. The van der Waals surface area contributed by atoms with Crippen LogP contribution in [0, 0.1) is 5.92 Å². The molecule has 2 N–H and O–H groups in total. The van der Waals surface area contributed by atoms with E-state index >= 15 is 0 Å². The minimum Gasteiger partial charge on any atom is -0.399 e. The fraction of sp³-hybridized carbons (Fsp3) is 0.588. The molecule has 2 aliphatic heterocycles. The number of rotatable bonds is 3. The van der Waals surface area contributed by atoms with Crippen molar-refractivity contribution in [1.82, 2.24) is 9.80 Å². The molecule has 0 unspecified atom stereocenters. The number of ether oxygens (including phenoxy) is 1. The minimum absolute atomic E-state index is 0.0137. The van der Waals surface area contributed by atoms with Crippen molar-refractivity contribution in [2.45, 2.75) is 12.8 Å². The van der Waals surface area contributed by atoms with Crippen LogP contribution in [0.25, 0.3) is 0 Å². The predicted octanol–water partition coefficient (Wildman–Crippen LogP) is 2.11. The number of amides is 1. The number of morpholine rings is 1. The Morgan fingerprint density at radius 1 is 1.22 bits per heavy atom. The van der Waals surface area contributed by atoms with Gasteiger partial charge in [0.05, 0.1) is 23.8 Å². The van der Waals surface area contributed by atoms with Crippen molar-refractivity contribution in [2.75, 3.05) is 51.7 Å². The SMILES string of the molecule is Nc1ccc(C(=O)N2CCC(CN3CCOCC3)CC2)c(Cl)c1. The van der Waals surface area contributed by atoms with E-state index in [1.54, 1.807) is 18.2 Å². The molecule has 0 radical (unpaired) electrons. The number of carbonyl (C=O) groups excluding carboxylic acids is 1. The van der Waals surface area contributed by atoms with Crippen LogP contribution in [0.1, 0.15) is 23.2 Å². The first kappa shape index (κ1) is 16.6. The standard InChI is InChI=1S/C17H24ClN3O2/c18-16-11-14(19)1-2-15(16)17(22)21-5-3-13(4-6-21)12-20-7-9-23-10-8-20/h1-2,11,13H,3-10,12,19H2. The zero-order valence-corrected chi connectivity index (χ0v) is 14.1. The lowest BCUT2D eigenvalue weighted by Crippen LogP contribution is -2.44. The minimum atomic E-state index is 0.0137. The molecule has 23 heavy (non-hydrogen) atoms. The van der Waals surface area contributed by atoms with E-state index in [1.165, 1.54) is 0 Å². The van der Waals surface area contributed by atoms with Crippen LogP contribution >= 0.6 is 11.6 Å². The second-order valence-corrected chi connectivity index (χ2v) is 6.80. The van der Waals surface area contributed by atoms with Crippen molar-refractivity contribution in [3.05, 3.63) is 28.8 Å². The third-order valence-corrected chi connectivity index (χ3v) is 5.06. The molecule has 126 valence electrons. The lowest BCUT2D eigenvalue weighted by molar-refractivity contribution is 0.0243. The number of nitrogens with two attached hydrogens (primary N) is 1. The summed E-state index contributed by atoms with van der Waals surface area (Å²) in [4.78, 5) is 17.0. The van der Waals surface area contributed by atoms with E-state index in [9.17, 15) is 4.79 Å². The van der Waals surface area contributed by atoms with Gasteiger partial charge in [0, 0.05) is 38.4 Å². The van der Waals surface area contributed by atoms with Gasteiger partial charge in [0.15, 0.2) is 0 Å². The van der Waals surface area contributed by atoms with Crippen LogP contribution in [-0.4, -0.2) is 61.6 Å². The number of anilines is 1. The fourth-order valence-corrected chi connectivity index (χ4v) is 3.61. The van der Waals surface area contributed by atoms with Crippen molar-refractivity contribution in [3.8, 4) is 0 Å². The fourth-order valence-electron chi connectivity index (χ4n) is 3.34. The van der Waals surface area contributed by atoms with E-state index in [-0.39, 0.29) is 5.91 Å². The summed E-state index contributed by atoms with van der Waals surface area (Å²) in [5.74, 6) is 0.680. The number of likely N-dealkylation sites (tertiary alicyclic amines) is 1. The van der Waals surface area contributed by atoms with Gasteiger partial charge in [-0.05, 0) is 37.0 Å². The maximum Gasteiger partial charge on any atom is 0.255 e. The summed E-state index contributed by atoms with van der Waals surface area (Å²) in [6.07, 6.45) is 2.10. The summed E-state index contributed by atoms with van der Waals surface area (Å²) in [7, 11) is 0. The van der Waals surface area contributed by atoms with Crippen LogP contribution in [0.5, 0.6) is 0 Å². The van der Waals surface area contributed by atoms with Crippen LogP contribution in [0.2, 0.25) is 5.02 Å². The molecule has 1 aromatic rings. The number of carbonyl (C=O) groups is 1. The number of benzene rings is 1. The summed E-state index contributed by atoms with van der Waals surface area (Å²) < 4.78 is 5.39. The van der Waals surface area contributed by atoms with Crippen molar-refractivity contribution in [1.29, 1.82) is 0 Å². The molecular weight excluding hydrogens is 314 g/mol. The molecule has 0 spiro atoms. The summed E-state index contributed by atoms with van der Waals surface area (Å²) in [5.41, 5.74) is 6.82. The summed E-state index contributed by atoms with van der Waals surface area (Å²) in [5, 5.41) is 0.436. The number of hydrogen-bond acceptors (Lipinski definition) is 4. The quantitative estimate of drug-likeness (QED) is 0.858. The zero-order valence-electron chi connectivity index (χ0n) is 13.3. The van der Waals surface area contributed by atoms with Gasteiger partial charge in [-0.2, -0.15) is 0 Å². The number of hydrogen-bond donors (Lipinski definition) is 1. The van der Waals surface area contributed by atoms with E-state index in [0.29, 0.717) is 22.2 Å². The molecule has 0 saturated carbocycles. The Bertz CT molecular complexity index is 553. The second kappa shape index (κ2) is 7.51. The van der Waals surface area contributed by atoms with Gasteiger partial charge in [0.1, 0.15) is 0 Å². The van der Waals surface area contributed by atoms with Crippen molar-refractivity contribution in [3.63, 3.8) is 0 Å².